The van der Waals surface area contributed by atoms with Crippen molar-refractivity contribution in [3.8, 4) is 0 Å². The molecule has 0 spiro atoms. The minimum atomic E-state index is -0.543. The second-order valence-corrected chi connectivity index (χ2v) is 2.67. The molecule has 1 aromatic heterocycles. The third-order valence-electron chi connectivity index (χ3n) is 1.31. The molecule has 3 N–H and O–H groups in total. The maximum atomic E-state index is 10.6. The minimum Gasteiger partial charge on any atom is -0.348 e. The van der Waals surface area contributed by atoms with Crippen LogP contribution in [0.5, 0.6) is 0 Å². The van der Waals surface area contributed by atoms with E-state index in [1.807, 2.05) is 0 Å². The number of thiol groups is 1. The van der Waals surface area contributed by atoms with Gasteiger partial charge in [-0.15, -0.1) is 12.6 Å². The van der Waals surface area contributed by atoms with Crippen molar-refractivity contribution in [3.05, 3.63) is 18.2 Å². The predicted octanol–water partition coefficient (Wildman–Crippen LogP) is -0.264. The van der Waals surface area contributed by atoms with Gasteiger partial charge in [0.25, 0.3) is 0 Å². The van der Waals surface area contributed by atoms with Gasteiger partial charge in [0.05, 0.1) is 12.4 Å². The number of carbonyl (C=O) groups excluding carboxylic acids is 1. The monoisotopic (exact) mass is 171 g/mol. The number of nitrogens with two attached hydrogens (primary N) is 1. The summed E-state index contributed by atoms with van der Waals surface area (Å²) in [4.78, 5) is 17.2. The molecule has 0 radical (unpaired) electrons. The van der Waals surface area contributed by atoms with Crippen LogP contribution in [0.4, 0.5) is 0 Å². The fourth-order valence-electron chi connectivity index (χ4n) is 0.721. The molecule has 60 valence electrons. The first-order chi connectivity index (χ1) is 5.20. The zero-order chi connectivity index (χ0) is 8.27. The van der Waals surface area contributed by atoms with E-state index in [9.17, 15) is 4.79 Å². The first-order valence-corrected chi connectivity index (χ1v) is 3.60. The largest absolute Gasteiger partial charge is 0.348 e. The van der Waals surface area contributed by atoms with Crippen LogP contribution < -0.4 is 5.73 Å². The molecule has 0 fully saturated rings. The molecule has 4 nitrogen and oxygen atoms in total. The second-order valence-electron chi connectivity index (χ2n) is 2.23. The highest BCUT2D eigenvalue weighted by atomic mass is 32.1. The van der Waals surface area contributed by atoms with Crippen molar-refractivity contribution in [1.82, 2.24) is 9.97 Å². The van der Waals surface area contributed by atoms with Crippen LogP contribution >= 0.6 is 12.6 Å². The molecule has 0 amide bonds. The van der Waals surface area contributed by atoms with E-state index < -0.39 is 6.04 Å². The number of H-pyrrole nitrogens is 1. The average Bonchev–Trinajstić information content (AvgIpc) is 2.39. The molecule has 1 heterocycles. The third kappa shape index (κ3) is 2.36. The lowest BCUT2D eigenvalue weighted by molar-refractivity contribution is -0.111. The normalized spacial score (nSPS) is 12.9. The zero-order valence-corrected chi connectivity index (χ0v) is 6.71. The Kier molecular flexibility index (Phi) is 2.67. The van der Waals surface area contributed by atoms with Gasteiger partial charge in [0.2, 0.25) is 5.12 Å². The number of carbonyl (C=O) groups is 1. The summed E-state index contributed by atoms with van der Waals surface area (Å²) in [7, 11) is 0. The average molecular weight is 171 g/mol. The van der Waals surface area contributed by atoms with Crippen LogP contribution in [0.15, 0.2) is 12.5 Å². The Morgan fingerprint density at radius 1 is 1.91 bits per heavy atom. The number of rotatable bonds is 3. The molecule has 0 bridgehead atoms. The van der Waals surface area contributed by atoms with Crippen molar-refractivity contribution in [3.63, 3.8) is 0 Å². The Bertz CT molecular complexity index is 234. The SMILES string of the molecule is NC(Cc1cnc[nH]1)C(=O)S. The van der Waals surface area contributed by atoms with Crippen LogP contribution in [0.25, 0.3) is 0 Å². The standard InChI is InChI=1S/C6H9N3OS/c7-5(6(10)11)1-4-2-8-3-9-4/h2-3,5H,1,7H2,(H,8,9)(H,10,11). The van der Waals surface area contributed by atoms with Crippen LogP contribution in [-0.4, -0.2) is 21.1 Å². The fraction of sp³-hybridized carbons (Fsp3) is 0.333. The molecule has 0 aliphatic carbocycles. The van der Waals surface area contributed by atoms with Crippen molar-refractivity contribution in [2.24, 2.45) is 5.73 Å². The lowest BCUT2D eigenvalue weighted by Crippen LogP contribution is -2.29. The molecular formula is C6H9N3OS. The lowest BCUT2D eigenvalue weighted by Gasteiger charge is -2.02. The van der Waals surface area contributed by atoms with E-state index >= 15 is 0 Å². The molecule has 1 unspecified atom stereocenters. The molecule has 1 rings (SSSR count). The second kappa shape index (κ2) is 3.54. The Labute approximate surface area is 69.6 Å². The van der Waals surface area contributed by atoms with E-state index in [1.165, 1.54) is 0 Å². The van der Waals surface area contributed by atoms with Crippen molar-refractivity contribution < 1.29 is 4.79 Å². The summed E-state index contributed by atoms with van der Waals surface area (Å²) in [6.07, 6.45) is 3.64. The summed E-state index contributed by atoms with van der Waals surface area (Å²) in [6.45, 7) is 0. The van der Waals surface area contributed by atoms with Crippen molar-refractivity contribution in [1.29, 1.82) is 0 Å². The van der Waals surface area contributed by atoms with Crippen molar-refractivity contribution in [2.45, 2.75) is 12.5 Å². The third-order valence-corrected chi connectivity index (χ3v) is 1.64. The van der Waals surface area contributed by atoms with Gasteiger partial charge >= 0.3 is 0 Å². The molecule has 0 aliphatic heterocycles. The highest BCUT2D eigenvalue weighted by molar-refractivity contribution is 7.96. The van der Waals surface area contributed by atoms with E-state index in [1.54, 1.807) is 12.5 Å². The molecule has 11 heavy (non-hydrogen) atoms. The first kappa shape index (κ1) is 8.29. The number of aromatic amines is 1. The number of hydrogen-bond donors (Lipinski definition) is 3. The molecule has 0 saturated heterocycles. The van der Waals surface area contributed by atoms with Crippen LogP contribution in [0, 0.1) is 0 Å². The maximum Gasteiger partial charge on any atom is 0.203 e. The van der Waals surface area contributed by atoms with Crippen LogP contribution in [0.3, 0.4) is 0 Å². The van der Waals surface area contributed by atoms with Gasteiger partial charge < -0.3 is 10.7 Å². The predicted molar refractivity (Wildman–Crippen MR) is 44.3 cm³/mol. The number of nitrogens with one attached hydrogen (secondary N) is 1. The van der Waals surface area contributed by atoms with E-state index in [4.69, 9.17) is 5.73 Å². The smallest absolute Gasteiger partial charge is 0.203 e. The molecular weight excluding hydrogens is 162 g/mol. The molecule has 0 saturated carbocycles. The Morgan fingerprint density at radius 3 is 3.09 bits per heavy atom. The summed E-state index contributed by atoms with van der Waals surface area (Å²) in [5.74, 6) is 0. The summed E-state index contributed by atoms with van der Waals surface area (Å²) in [5, 5.41) is -0.306. The van der Waals surface area contributed by atoms with Crippen LogP contribution in [0.1, 0.15) is 5.69 Å². The number of nitrogens with zero attached hydrogens (tertiary/aromatic N) is 1. The zero-order valence-electron chi connectivity index (χ0n) is 5.82. The van der Waals surface area contributed by atoms with Crippen LogP contribution in [0.2, 0.25) is 0 Å². The Morgan fingerprint density at radius 2 is 2.64 bits per heavy atom. The Balaban J connectivity index is 2.50. The van der Waals surface area contributed by atoms with E-state index in [0.717, 1.165) is 5.69 Å². The van der Waals surface area contributed by atoms with E-state index in [0.29, 0.717) is 6.42 Å². The summed E-state index contributed by atoms with van der Waals surface area (Å²) < 4.78 is 0. The maximum absolute atomic E-state index is 10.6. The van der Waals surface area contributed by atoms with Gasteiger partial charge in [0.15, 0.2) is 0 Å². The quantitative estimate of drug-likeness (QED) is 0.548. The number of imidazole rings is 1. The van der Waals surface area contributed by atoms with E-state index in [-0.39, 0.29) is 5.12 Å². The molecule has 1 atom stereocenters. The first-order valence-electron chi connectivity index (χ1n) is 3.16. The van der Waals surface area contributed by atoms with Gasteiger partial charge in [-0.25, -0.2) is 4.98 Å². The number of aromatic nitrogens is 2. The molecule has 0 aliphatic rings. The topological polar surface area (TPSA) is 71.8 Å². The number of hydrogen-bond acceptors (Lipinski definition) is 3. The van der Waals surface area contributed by atoms with Gasteiger partial charge in [0, 0.05) is 18.3 Å². The molecule has 1 aromatic rings. The lowest BCUT2D eigenvalue weighted by atomic mass is 10.2. The highest BCUT2D eigenvalue weighted by Gasteiger charge is 2.09. The van der Waals surface area contributed by atoms with Gasteiger partial charge in [-0.3, -0.25) is 4.79 Å². The van der Waals surface area contributed by atoms with Crippen molar-refractivity contribution >= 4 is 17.7 Å². The van der Waals surface area contributed by atoms with Gasteiger partial charge in [-0.2, -0.15) is 0 Å². The van der Waals surface area contributed by atoms with Gasteiger partial charge in [0.1, 0.15) is 0 Å². The summed E-state index contributed by atoms with van der Waals surface area (Å²) in [6, 6.07) is -0.543. The highest BCUT2D eigenvalue weighted by Crippen LogP contribution is 1.98. The van der Waals surface area contributed by atoms with Crippen LogP contribution in [-0.2, 0) is 11.2 Å². The molecule has 0 aromatic carbocycles. The summed E-state index contributed by atoms with van der Waals surface area (Å²) in [5.41, 5.74) is 6.28. The van der Waals surface area contributed by atoms with Gasteiger partial charge in [-0.05, 0) is 0 Å². The molecule has 5 heteroatoms. The van der Waals surface area contributed by atoms with E-state index in [2.05, 4.69) is 22.6 Å². The minimum absolute atomic E-state index is 0.306. The van der Waals surface area contributed by atoms with Crippen molar-refractivity contribution in [2.75, 3.05) is 0 Å². The van der Waals surface area contributed by atoms with Gasteiger partial charge in [-0.1, -0.05) is 0 Å². The Hall–Kier alpha value is -0.810. The summed E-state index contributed by atoms with van der Waals surface area (Å²) >= 11 is 3.61. The fourth-order valence-corrected chi connectivity index (χ4v) is 0.812.